The fourth-order valence-electron chi connectivity index (χ4n) is 1.97. The van der Waals surface area contributed by atoms with Crippen LogP contribution in [0.15, 0.2) is 24.4 Å². The first-order valence-corrected chi connectivity index (χ1v) is 6.11. The van der Waals surface area contributed by atoms with Gasteiger partial charge in [-0.3, -0.25) is 9.48 Å². The maximum atomic E-state index is 12.1. The van der Waals surface area contributed by atoms with Crippen LogP contribution >= 0.6 is 0 Å². The van der Waals surface area contributed by atoms with Crippen LogP contribution in [0.25, 0.3) is 0 Å². The van der Waals surface area contributed by atoms with Gasteiger partial charge in [0.1, 0.15) is 5.82 Å². The summed E-state index contributed by atoms with van der Waals surface area (Å²) in [5, 5.41) is 6.89. The van der Waals surface area contributed by atoms with Crippen LogP contribution in [0, 0.1) is 13.8 Å². The van der Waals surface area contributed by atoms with E-state index in [0.717, 1.165) is 16.7 Å². The van der Waals surface area contributed by atoms with Crippen molar-refractivity contribution in [2.75, 3.05) is 5.73 Å². The lowest BCUT2D eigenvalue weighted by molar-refractivity contribution is 0.0950. The summed E-state index contributed by atoms with van der Waals surface area (Å²) in [5.41, 5.74) is 9.45. The molecule has 0 aliphatic carbocycles. The van der Waals surface area contributed by atoms with Crippen LogP contribution in [-0.2, 0) is 13.6 Å². The fourth-order valence-corrected chi connectivity index (χ4v) is 1.97. The summed E-state index contributed by atoms with van der Waals surface area (Å²) < 4.78 is 1.58. The number of rotatable bonds is 3. The van der Waals surface area contributed by atoms with E-state index in [9.17, 15) is 4.79 Å². The Labute approximate surface area is 112 Å². The summed E-state index contributed by atoms with van der Waals surface area (Å²) in [5.74, 6) is 0.474. The number of nitrogens with zero attached hydrogens (tertiary/aromatic N) is 2. The van der Waals surface area contributed by atoms with Crippen molar-refractivity contribution in [3.8, 4) is 0 Å². The Bertz CT molecular complexity index is 616. The average molecular weight is 258 g/mol. The highest BCUT2D eigenvalue weighted by atomic mass is 16.1. The fraction of sp³-hybridized carbons (Fsp3) is 0.286. The van der Waals surface area contributed by atoms with Crippen molar-refractivity contribution in [2.24, 2.45) is 7.05 Å². The summed E-state index contributed by atoms with van der Waals surface area (Å²) in [6.07, 6.45) is 1.66. The number of aryl methyl sites for hydroxylation is 3. The quantitative estimate of drug-likeness (QED) is 0.877. The van der Waals surface area contributed by atoms with Crippen LogP contribution < -0.4 is 11.1 Å². The minimum Gasteiger partial charge on any atom is -0.384 e. The predicted octanol–water partition coefficient (Wildman–Crippen LogP) is 1.55. The first-order chi connectivity index (χ1) is 8.99. The number of hydrogen-bond acceptors (Lipinski definition) is 3. The standard InChI is InChI=1S/C14H18N4O/c1-9-4-5-12(10(2)6-9)14(19)16-7-11-8-17-18(3)13(11)15/h4-6,8H,7,15H2,1-3H3,(H,16,19). The normalized spacial score (nSPS) is 10.5. The minimum absolute atomic E-state index is 0.0965. The van der Waals surface area contributed by atoms with Crippen molar-refractivity contribution in [1.29, 1.82) is 0 Å². The molecule has 1 aromatic carbocycles. The van der Waals surface area contributed by atoms with Gasteiger partial charge in [0, 0.05) is 24.7 Å². The molecule has 0 radical (unpaired) electrons. The Balaban J connectivity index is 2.07. The van der Waals surface area contributed by atoms with Crippen LogP contribution in [0.1, 0.15) is 27.0 Å². The third kappa shape index (κ3) is 2.76. The van der Waals surface area contributed by atoms with Gasteiger partial charge in [0.2, 0.25) is 0 Å². The van der Waals surface area contributed by atoms with Crippen molar-refractivity contribution < 1.29 is 4.79 Å². The summed E-state index contributed by atoms with van der Waals surface area (Å²) >= 11 is 0. The molecule has 0 aliphatic rings. The summed E-state index contributed by atoms with van der Waals surface area (Å²) in [4.78, 5) is 12.1. The third-order valence-electron chi connectivity index (χ3n) is 3.13. The molecule has 0 spiro atoms. The number of carbonyl (C=O) groups is 1. The number of nitrogens with one attached hydrogen (secondary N) is 1. The summed E-state index contributed by atoms with van der Waals surface area (Å²) in [6.45, 7) is 4.32. The van der Waals surface area contributed by atoms with E-state index in [-0.39, 0.29) is 5.91 Å². The van der Waals surface area contributed by atoms with Crippen molar-refractivity contribution >= 4 is 11.7 Å². The maximum absolute atomic E-state index is 12.1. The van der Waals surface area contributed by atoms with Crippen molar-refractivity contribution in [3.05, 3.63) is 46.6 Å². The van der Waals surface area contributed by atoms with Gasteiger partial charge in [-0.25, -0.2) is 0 Å². The van der Waals surface area contributed by atoms with Gasteiger partial charge in [-0.1, -0.05) is 17.7 Å². The number of amides is 1. The Hall–Kier alpha value is -2.30. The number of nitrogens with two attached hydrogens (primary N) is 1. The molecule has 3 N–H and O–H groups in total. The van der Waals surface area contributed by atoms with Crippen molar-refractivity contribution in [1.82, 2.24) is 15.1 Å². The van der Waals surface area contributed by atoms with Gasteiger partial charge < -0.3 is 11.1 Å². The first kappa shape index (κ1) is 13.1. The van der Waals surface area contributed by atoms with Crippen molar-refractivity contribution in [3.63, 3.8) is 0 Å². The molecule has 0 fully saturated rings. The second-order valence-corrected chi connectivity index (χ2v) is 4.68. The van der Waals surface area contributed by atoms with E-state index in [2.05, 4.69) is 10.4 Å². The minimum atomic E-state index is -0.0965. The summed E-state index contributed by atoms with van der Waals surface area (Å²) in [7, 11) is 1.77. The van der Waals surface area contributed by atoms with Gasteiger partial charge in [-0.2, -0.15) is 5.10 Å². The van der Waals surface area contributed by atoms with Gasteiger partial charge >= 0.3 is 0 Å². The number of aromatic nitrogens is 2. The molecule has 0 saturated carbocycles. The van der Waals surface area contributed by atoms with E-state index in [4.69, 9.17) is 5.73 Å². The molecule has 2 rings (SSSR count). The molecule has 1 amide bonds. The van der Waals surface area contributed by atoms with Gasteiger partial charge in [0.25, 0.3) is 5.91 Å². The SMILES string of the molecule is Cc1ccc(C(=O)NCc2cnn(C)c2N)c(C)c1. The Kier molecular flexibility index (Phi) is 3.55. The van der Waals surface area contributed by atoms with E-state index in [0.29, 0.717) is 17.9 Å². The van der Waals surface area contributed by atoms with E-state index in [1.165, 1.54) is 0 Å². The number of carbonyl (C=O) groups excluding carboxylic acids is 1. The van der Waals surface area contributed by atoms with E-state index in [1.807, 2.05) is 32.0 Å². The first-order valence-electron chi connectivity index (χ1n) is 6.11. The van der Waals surface area contributed by atoms with Gasteiger partial charge in [-0.05, 0) is 25.5 Å². The number of anilines is 1. The highest BCUT2D eigenvalue weighted by Gasteiger charge is 2.10. The number of hydrogen-bond donors (Lipinski definition) is 2. The number of benzene rings is 1. The molecule has 0 aliphatic heterocycles. The van der Waals surface area contributed by atoms with Crippen LogP contribution in [0.4, 0.5) is 5.82 Å². The Morgan fingerprint density at radius 2 is 2.16 bits per heavy atom. The molecule has 5 nitrogen and oxygen atoms in total. The molecule has 100 valence electrons. The van der Waals surface area contributed by atoms with Gasteiger partial charge in [0.05, 0.1) is 6.20 Å². The average Bonchev–Trinajstić information content (AvgIpc) is 2.67. The molecule has 19 heavy (non-hydrogen) atoms. The van der Waals surface area contributed by atoms with Crippen LogP contribution in [0.2, 0.25) is 0 Å². The zero-order valence-electron chi connectivity index (χ0n) is 11.4. The van der Waals surface area contributed by atoms with Crippen LogP contribution in [0.5, 0.6) is 0 Å². The topological polar surface area (TPSA) is 72.9 Å². The lowest BCUT2D eigenvalue weighted by atomic mass is 10.1. The lowest BCUT2D eigenvalue weighted by Gasteiger charge is -2.08. The molecule has 1 aromatic heterocycles. The molecular formula is C14H18N4O. The Morgan fingerprint density at radius 1 is 1.42 bits per heavy atom. The molecular weight excluding hydrogens is 240 g/mol. The lowest BCUT2D eigenvalue weighted by Crippen LogP contribution is -2.24. The predicted molar refractivity (Wildman–Crippen MR) is 74.7 cm³/mol. The van der Waals surface area contributed by atoms with E-state index >= 15 is 0 Å². The maximum Gasteiger partial charge on any atom is 0.251 e. The molecule has 0 atom stereocenters. The highest BCUT2D eigenvalue weighted by Crippen LogP contribution is 2.12. The van der Waals surface area contributed by atoms with Crippen LogP contribution in [0.3, 0.4) is 0 Å². The van der Waals surface area contributed by atoms with Gasteiger partial charge in [-0.15, -0.1) is 0 Å². The third-order valence-corrected chi connectivity index (χ3v) is 3.13. The molecule has 0 unspecified atom stereocenters. The molecule has 1 heterocycles. The Morgan fingerprint density at radius 3 is 2.74 bits per heavy atom. The monoisotopic (exact) mass is 258 g/mol. The smallest absolute Gasteiger partial charge is 0.251 e. The van der Waals surface area contributed by atoms with Gasteiger partial charge in [0.15, 0.2) is 0 Å². The van der Waals surface area contributed by atoms with Crippen LogP contribution in [-0.4, -0.2) is 15.7 Å². The highest BCUT2D eigenvalue weighted by molar-refractivity contribution is 5.95. The second kappa shape index (κ2) is 5.14. The zero-order chi connectivity index (χ0) is 14.0. The molecule has 0 saturated heterocycles. The second-order valence-electron chi connectivity index (χ2n) is 4.68. The van der Waals surface area contributed by atoms with Crippen molar-refractivity contribution in [2.45, 2.75) is 20.4 Å². The largest absolute Gasteiger partial charge is 0.384 e. The number of nitrogen functional groups attached to an aromatic ring is 1. The van der Waals surface area contributed by atoms with E-state index < -0.39 is 0 Å². The molecule has 0 bridgehead atoms. The molecule has 5 heteroatoms. The zero-order valence-corrected chi connectivity index (χ0v) is 11.4. The summed E-state index contributed by atoms with van der Waals surface area (Å²) in [6, 6.07) is 5.76. The van der Waals surface area contributed by atoms with E-state index in [1.54, 1.807) is 17.9 Å². The molecule has 2 aromatic rings.